The van der Waals surface area contributed by atoms with E-state index in [-0.39, 0.29) is 29.7 Å². The first-order valence-corrected chi connectivity index (χ1v) is 10.3. The van der Waals surface area contributed by atoms with Crippen LogP contribution in [0.1, 0.15) is 16.9 Å². The number of nitro groups is 1. The van der Waals surface area contributed by atoms with Gasteiger partial charge in [-0.3, -0.25) is 10.1 Å². The van der Waals surface area contributed by atoms with Crippen LogP contribution in [0.25, 0.3) is 0 Å². The molecule has 0 spiro atoms. The van der Waals surface area contributed by atoms with Gasteiger partial charge >= 0.3 is 0 Å². The Balaban J connectivity index is 0.00000306. The van der Waals surface area contributed by atoms with E-state index in [0.29, 0.717) is 38.8 Å². The van der Waals surface area contributed by atoms with Gasteiger partial charge in [-0.25, -0.2) is 4.99 Å². The Labute approximate surface area is 208 Å². The van der Waals surface area contributed by atoms with Crippen molar-refractivity contribution in [2.24, 2.45) is 4.99 Å². The van der Waals surface area contributed by atoms with Crippen LogP contribution in [0.3, 0.4) is 0 Å². The monoisotopic (exact) mass is 564 g/mol. The highest BCUT2D eigenvalue weighted by Crippen LogP contribution is 2.30. The largest absolute Gasteiger partial charge is 0.486 e. The molecular formula is C23H25IN4O5. The van der Waals surface area contributed by atoms with Gasteiger partial charge in [0.2, 0.25) is 0 Å². The highest BCUT2D eigenvalue weighted by Gasteiger charge is 2.11. The van der Waals surface area contributed by atoms with Crippen molar-refractivity contribution in [3.8, 4) is 11.5 Å². The molecule has 0 atom stereocenters. The Morgan fingerprint density at radius 3 is 2.48 bits per heavy atom. The van der Waals surface area contributed by atoms with Gasteiger partial charge in [0.25, 0.3) is 5.69 Å². The van der Waals surface area contributed by atoms with E-state index in [1.807, 2.05) is 30.3 Å². The summed E-state index contributed by atoms with van der Waals surface area (Å²) in [5, 5.41) is 17.4. The predicted molar refractivity (Wildman–Crippen MR) is 134 cm³/mol. The zero-order valence-electron chi connectivity index (χ0n) is 17.9. The molecule has 1 aromatic heterocycles. The predicted octanol–water partition coefficient (Wildman–Crippen LogP) is 4.06. The minimum absolute atomic E-state index is 0. The van der Waals surface area contributed by atoms with Gasteiger partial charge < -0.3 is 24.5 Å². The second kappa shape index (κ2) is 12.1. The highest BCUT2D eigenvalue weighted by atomic mass is 127. The maximum atomic E-state index is 10.8. The van der Waals surface area contributed by atoms with Crippen LogP contribution in [0.15, 0.2) is 70.3 Å². The fraction of sp³-hybridized carbons (Fsp3) is 0.261. The molecule has 1 aliphatic heterocycles. The van der Waals surface area contributed by atoms with Crippen LogP contribution in [0.5, 0.6) is 11.5 Å². The Kier molecular flexibility index (Phi) is 8.93. The molecule has 0 saturated carbocycles. The first-order chi connectivity index (χ1) is 15.7. The quantitative estimate of drug-likeness (QED) is 0.140. The van der Waals surface area contributed by atoms with Crippen LogP contribution in [0.4, 0.5) is 5.69 Å². The molecule has 3 aromatic rings. The van der Waals surface area contributed by atoms with Gasteiger partial charge in [-0.15, -0.1) is 24.0 Å². The average Bonchev–Trinajstić information content (AvgIpc) is 3.34. The summed E-state index contributed by atoms with van der Waals surface area (Å²) >= 11 is 0. The van der Waals surface area contributed by atoms with Gasteiger partial charge in [-0.05, 0) is 41.8 Å². The number of nitro benzene ring substituents is 1. The fourth-order valence-electron chi connectivity index (χ4n) is 3.22. The van der Waals surface area contributed by atoms with Crippen LogP contribution in [0.2, 0.25) is 0 Å². The summed E-state index contributed by atoms with van der Waals surface area (Å²) < 4.78 is 16.6. The van der Waals surface area contributed by atoms with Crippen LogP contribution in [0, 0.1) is 10.1 Å². The average molecular weight is 564 g/mol. The van der Waals surface area contributed by atoms with Crippen molar-refractivity contribution in [2.75, 3.05) is 19.8 Å². The number of benzene rings is 2. The van der Waals surface area contributed by atoms with Gasteiger partial charge in [0.1, 0.15) is 19.0 Å². The number of halogens is 1. The van der Waals surface area contributed by atoms with E-state index in [0.717, 1.165) is 34.8 Å². The molecular weight excluding hydrogens is 539 g/mol. The summed E-state index contributed by atoms with van der Waals surface area (Å²) in [5.74, 6) is 2.97. The number of nitrogens with zero attached hydrogens (tertiary/aromatic N) is 2. The van der Waals surface area contributed by atoms with Crippen molar-refractivity contribution >= 4 is 35.6 Å². The minimum Gasteiger partial charge on any atom is -0.486 e. The summed E-state index contributed by atoms with van der Waals surface area (Å²) in [7, 11) is 0. The summed E-state index contributed by atoms with van der Waals surface area (Å²) in [6.07, 6.45) is 2.40. The topological polar surface area (TPSA) is 111 Å². The normalized spacial score (nSPS) is 12.5. The minimum atomic E-state index is -0.414. The number of furan rings is 1. The van der Waals surface area contributed by atoms with Crippen molar-refractivity contribution < 1.29 is 18.8 Å². The maximum absolute atomic E-state index is 10.8. The smallest absolute Gasteiger partial charge is 0.269 e. The number of guanidine groups is 1. The molecule has 4 rings (SSSR count). The van der Waals surface area contributed by atoms with Crippen LogP contribution < -0.4 is 20.1 Å². The second-order valence-corrected chi connectivity index (χ2v) is 7.18. The zero-order valence-corrected chi connectivity index (χ0v) is 20.2. The van der Waals surface area contributed by atoms with E-state index in [9.17, 15) is 10.1 Å². The number of ether oxygens (including phenoxy) is 2. The molecule has 2 aromatic carbocycles. The molecule has 174 valence electrons. The molecule has 0 aliphatic carbocycles. The lowest BCUT2D eigenvalue weighted by Gasteiger charge is -2.19. The van der Waals surface area contributed by atoms with Gasteiger partial charge in [0, 0.05) is 18.7 Å². The number of fused-ring (bicyclic) bond motifs is 1. The second-order valence-electron chi connectivity index (χ2n) is 7.18. The number of hydrogen-bond donors (Lipinski definition) is 2. The first kappa shape index (κ1) is 24.4. The molecule has 0 radical (unpaired) electrons. The Hall–Kier alpha value is -3.28. The third kappa shape index (κ3) is 7.11. The number of non-ortho nitro benzene ring substituents is 1. The van der Waals surface area contributed by atoms with Crippen LogP contribution >= 0.6 is 24.0 Å². The van der Waals surface area contributed by atoms with E-state index in [1.54, 1.807) is 18.4 Å². The first-order valence-electron chi connectivity index (χ1n) is 10.3. The van der Waals surface area contributed by atoms with Crippen molar-refractivity contribution in [3.05, 3.63) is 87.9 Å². The van der Waals surface area contributed by atoms with Crippen molar-refractivity contribution in [2.45, 2.75) is 19.5 Å². The van der Waals surface area contributed by atoms with E-state index in [2.05, 4.69) is 15.6 Å². The summed E-state index contributed by atoms with van der Waals surface area (Å²) in [6, 6.07) is 16.1. The number of aliphatic imine (C=N–C) groups is 1. The molecule has 0 fully saturated rings. The lowest BCUT2D eigenvalue weighted by molar-refractivity contribution is -0.384. The van der Waals surface area contributed by atoms with E-state index >= 15 is 0 Å². The van der Waals surface area contributed by atoms with Crippen LogP contribution in [-0.2, 0) is 19.5 Å². The molecule has 0 unspecified atom stereocenters. The highest BCUT2D eigenvalue weighted by molar-refractivity contribution is 14.0. The van der Waals surface area contributed by atoms with Gasteiger partial charge in [0.15, 0.2) is 17.5 Å². The summed E-state index contributed by atoms with van der Waals surface area (Å²) in [6.45, 7) is 2.66. The molecule has 0 bridgehead atoms. The number of hydrogen-bond acceptors (Lipinski definition) is 6. The summed E-state index contributed by atoms with van der Waals surface area (Å²) in [4.78, 5) is 15.0. The zero-order chi connectivity index (χ0) is 22.2. The molecule has 0 saturated heterocycles. The number of nitrogens with one attached hydrogen (secondary N) is 2. The van der Waals surface area contributed by atoms with Crippen molar-refractivity contribution in [1.82, 2.24) is 10.6 Å². The lowest BCUT2D eigenvalue weighted by Crippen LogP contribution is -2.38. The molecule has 1 aliphatic rings. The molecule has 2 heterocycles. The molecule has 33 heavy (non-hydrogen) atoms. The molecule has 9 nitrogen and oxygen atoms in total. The maximum Gasteiger partial charge on any atom is 0.269 e. The molecule has 10 heteroatoms. The lowest BCUT2D eigenvalue weighted by atomic mass is 10.1. The van der Waals surface area contributed by atoms with Gasteiger partial charge in [-0.1, -0.05) is 18.2 Å². The van der Waals surface area contributed by atoms with Crippen molar-refractivity contribution in [1.29, 1.82) is 0 Å². The SMILES string of the molecule is I.O=[N+]([O-])c1ccc(CN=C(NCCc2ccc3c(c2)OCCO3)NCc2ccco2)cc1. The standard InChI is InChI=1S/C23H24N4O5.HI/c28-27(29)19-6-3-18(4-7-19)15-25-23(26-16-20-2-1-11-30-20)24-10-9-17-5-8-21-22(14-17)32-13-12-31-21;/h1-8,11,14H,9-10,12-13,15-16H2,(H2,24,25,26);1H. The Bertz CT molecular complexity index is 1070. The summed E-state index contributed by atoms with van der Waals surface area (Å²) in [5.41, 5.74) is 2.07. The Morgan fingerprint density at radius 1 is 1.00 bits per heavy atom. The molecule has 2 N–H and O–H groups in total. The third-order valence-corrected chi connectivity index (χ3v) is 4.89. The van der Waals surface area contributed by atoms with E-state index in [4.69, 9.17) is 13.9 Å². The van der Waals surface area contributed by atoms with Crippen LogP contribution in [-0.4, -0.2) is 30.6 Å². The van der Waals surface area contributed by atoms with Gasteiger partial charge in [0.05, 0.1) is 24.3 Å². The fourth-order valence-corrected chi connectivity index (χ4v) is 3.22. The van der Waals surface area contributed by atoms with E-state index < -0.39 is 4.92 Å². The Morgan fingerprint density at radius 2 is 1.76 bits per heavy atom. The van der Waals surface area contributed by atoms with Gasteiger partial charge in [-0.2, -0.15) is 0 Å². The van der Waals surface area contributed by atoms with Crippen molar-refractivity contribution in [3.63, 3.8) is 0 Å². The number of rotatable bonds is 8. The van der Waals surface area contributed by atoms with E-state index in [1.165, 1.54) is 12.1 Å². The molecule has 0 amide bonds. The third-order valence-electron chi connectivity index (χ3n) is 4.89.